The van der Waals surface area contributed by atoms with Crippen molar-refractivity contribution in [1.29, 1.82) is 0 Å². The van der Waals surface area contributed by atoms with E-state index in [1.165, 1.54) is 13.3 Å². The molecule has 0 aliphatic carbocycles. The fourth-order valence-electron chi connectivity index (χ4n) is 2.05. The topological polar surface area (TPSA) is 46.3 Å². The van der Waals surface area contributed by atoms with Crippen molar-refractivity contribution >= 4 is 5.78 Å². The Morgan fingerprint density at radius 2 is 2.47 bits per heavy atom. The Labute approximate surface area is 89.2 Å². The Morgan fingerprint density at radius 3 is 3.07 bits per heavy atom. The van der Waals surface area contributed by atoms with Gasteiger partial charge in [0.1, 0.15) is 11.5 Å². The van der Waals surface area contributed by atoms with E-state index < -0.39 is 0 Å². The lowest BCUT2D eigenvalue weighted by Gasteiger charge is -2.27. The molecule has 1 unspecified atom stereocenters. The number of likely N-dealkylation sites (N-methyl/N-ethyl adjacent to an activating group) is 1. The van der Waals surface area contributed by atoms with Crippen molar-refractivity contribution in [3.05, 3.63) is 17.5 Å². The van der Waals surface area contributed by atoms with E-state index in [1.54, 1.807) is 6.07 Å². The summed E-state index contributed by atoms with van der Waals surface area (Å²) in [5, 5.41) is 3.77. The number of Topliss-reactive ketones (excluding diaryl/α,β-unsaturated/α-hetero) is 1. The summed E-state index contributed by atoms with van der Waals surface area (Å²) in [4.78, 5) is 13.4. The van der Waals surface area contributed by atoms with Gasteiger partial charge in [0.25, 0.3) is 0 Å². The Balaban J connectivity index is 2.11. The molecule has 4 heteroatoms. The molecule has 1 saturated heterocycles. The van der Waals surface area contributed by atoms with Crippen molar-refractivity contribution in [3.63, 3.8) is 0 Å². The van der Waals surface area contributed by atoms with Gasteiger partial charge >= 0.3 is 0 Å². The summed E-state index contributed by atoms with van der Waals surface area (Å²) in [6.45, 7) is 3.64. The Bertz CT molecular complexity index is 359. The fourth-order valence-corrected chi connectivity index (χ4v) is 2.05. The third kappa shape index (κ3) is 2.26. The average molecular weight is 208 g/mol. The molecule has 1 aromatic rings. The molecule has 1 aromatic heterocycles. The highest BCUT2D eigenvalue weighted by Gasteiger charge is 2.23. The summed E-state index contributed by atoms with van der Waals surface area (Å²) in [6.07, 6.45) is 2.30. The maximum atomic E-state index is 11.1. The first-order chi connectivity index (χ1) is 7.16. The molecule has 2 heterocycles. The summed E-state index contributed by atoms with van der Waals surface area (Å²) in [5.41, 5.74) is 0.443. The van der Waals surface area contributed by atoms with Crippen LogP contribution >= 0.6 is 0 Å². The van der Waals surface area contributed by atoms with Crippen molar-refractivity contribution < 1.29 is 9.32 Å². The first kappa shape index (κ1) is 10.4. The highest BCUT2D eigenvalue weighted by atomic mass is 16.5. The molecule has 0 aromatic carbocycles. The summed E-state index contributed by atoms with van der Waals surface area (Å²) in [6, 6.07) is 1.78. The monoisotopic (exact) mass is 208 g/mol. The van der Waals surface area contributed by atoms with Crippen LogP contribution in [0.2, 0.25) is 0 Å². The molecular formula is C11H16N2O2. The van der Waals surface area contributed by atoms with E-state index in [2.05, 4.69) is 17.1 Å². The van der Waals surface area contributed by atoms with Crippen LogP contribution in [0.25, 0.3) is 0 Å². The first-order valence-electron chi connectivity index (χ1n) is 5.33. The zero-order valence-electron chi connectivity index (χ0n) is 9.19. The van der Waals surface area contributed by atoms with Crippen LogP contribution in [0.4, 0.5) is 0 Å². The summed E-state index contributed by atoms with van der Waals surface area (Å²) >= 11 is 0. The molecule has 1 atom stereocenters. The van der Waals surface area contributed by atoms with E-state index in [-0.39, 0.29) is 5.78 Å². The number of piperidine rings is 1. The standard InChI is InChI=1S/C11H16N2O2/c1-8(14)10-6-11(15-12-10)9-4-3-5-13(2)7-9/h6,9H,3-5,7H2,1-2H3. The fraction of sp³-hybridized carbons (Fsp3) is 0.636. The largest absolute Gasteiger partial charge is 0.360 e. The van der Waals surface area contributed by atoms with E-state index >= 15 is 0 Å². The second-order valence-electron chi connectivity index (χ2n) is 4.27. The lowest BCUT2D eigenvalue weighted by atomic mass is 9.96. The van der Waals surface area contributed by atoms with Crippen LogP contribution in [-0.4, -0.2) is 36.0 Å². The van der Waals surface area contributed by atoms with E-state index in [0.29, 0.717) is 11.6 Å². The lowest BCUT2D eigenvalue weighted by molar-refractivity contribution is 0.100. The molecule has 0 spiro atoms. The summed E-state index contributed by atoms with van der Waals surface area (Å²) in [5.74, 6) is 1.21. The summed E-state index contributed by atoms with van der Waals surface area (Å²) in [7, 11) is 2.11. The molecule has 15 heavy (non-hydrogen) atoms. The SMILES string of the molecule is CC(=O)c1cc(C2CCCN(C)C2)on1. The second-order valence-corrected chi connectivity index (χ2v) is 4.27. The predicted octanol–water partition coefficient (Wildman–Crippen LogP) is 1.69. The number of nitrogens with zero attached hydrogens (tertiary/aromatic N) is 2. The quantitative estimate of drug-likeness (QED) is 0.694. The van der Waals surface area contributed by atoms with Gasteiger partial charge in [-0.2, -0.15) is 0 Å². The number of ketones is 1. The van der Waals surface area contributed by atoms with Crippen LogP contribution in [-0.2, 0) is 0 Å². The molecule has 0 radical (unpaired) electrons. The number of rotatable bonds is 2. The zero-order valence-corrected chi connectivity index (χ0v) is 9.19. The van der Waals surface area contributed by atoms with E-state index in [9.17, 15) is 4.79 Å². The molecular weight excluding hydrogens is 192 g/mol. The highest BCUT2D eigenvalue weighted by Crippen LogP contribution is 2.26. The molecule has 1 fully saturated rings. The number of carbonyl (C=O) groups is 1. The molecule has 0 bridgehead atoms. The third-order valence-corrected chi connectivity index (χ3v) is 2.92. The number of likely N-dealkylation sites (tertiary alicyclic amines) is 1. The Kier molecular flexibility index (Phi) is 2.86. The number of hydrogen-bond donors (Lipinski definition) is 0. The molecule has 0 amide bonds. The van der Waals surface area contributed by atoms with Crippen LogP contribution in [0.3, 0.4) is 0 Å². The van der Waals surface area contributed by atoms with Crippen LogP contribution in [0, 0.1) is 0 Å². The average Bonchev–Trinajstić information content (AvgIpc) is 2.66. The normalized spacial score (nSPS) is 22.9. The number of carbonyl (C=O) groups excluding carboxylic acids is 1. The third-order valence-electron chi connectivity index (χ3n) is 2.92. The van der Waals surface area contributed by atoms with E-state index in [1.807, 2.05) is 0 Å². The molecule has 1 aliphatic heterocycles. The second kappa shape index (κ2) is 4.14. The molecule has 82 valence electrons. The van der Waals surface area contributed by atoms with Gasteiger partial charge in [-0.1, -0.05) is 5.16 Å². The van der Waals surface area contributed by atoms with Crippen molar-refractivity contribution in [2.45, 2.75) is 25.7 Å². The van der Waals surface area contributed by atoms with Crippen LogP contribution in [0.15, 0.2) is 10.6 Å². The van der Waals surface area contributed by atoms with Gasteiger partial charge in [0.2, 0.25) is 0 Å². The van der Waals surface area contributed by atoms with Gasteiger partial charge in [-0.3, -0.25) is 4.79 Å². The predicted molar refractivity (Wildman–Crippen MR) is 56.0 cm³/mol. The van der Waals surface area contributed by atoms with Crippen molar-refractivity contribution in [2.24, 2.45) is 0 Å². The van der Waals surface area contributed by atoms with Crippen LogP contribution < -0.4 is 0 Å². The molecule has 4 nitrogen and oxygen atoms in total. The van der Waals surface area contributed by atoms with E-state index in [4.69, 9.17) is 4.52 Å². The van der Waals surface area contributed by atoms with Gasteiger partial charge in [0.15, 0.2) is 5.78 Å². The highest BCUT2D eigenvalue weighted by molar-refractivity contribution is 5.91. The minimum atomic E-state index is -0.0332. The van der Waals surface area contributed by atoms with Gasteiger partial charge in [0, 0.05) is 25.5 Å². The molecule has 2 rings (SSSR count). The maximum Gasteiger partial charge on any atom is 0.181 e. The Morgan fingerprint density at radius 1 is 1.67 bits per heavy atom. The van der Waals surface area contributed by atoms with Crippen molar-refractivity contribution in [3.8, 4) is 0 Å². The smallest absolute Gasteiger partial charge is 0.181 e. The van der Waals surface area contributed by atoms with Gasteiger partial charge in [0.05, 0.1) is 0 Å². The minimum Gasteiger partial charge on any atom is -0.360 e. The molecule has 1 aliphatic rings. The number of aromatic nitrogens is 1. The lowest BCUT2D eigenvalue weighted by Crippen LogP contribution is -2.30. The van der Waals surface area contributed by atoms with Crippen molar-refractivity contribution in [2.75, 3.05) is 20.1 Å². The van der Waals surface area contributed by atoms with Crippen LogP contribution in [0.1, 0.15) is 41.9 Å². The van der Waals surface area contributed by atoms with Crippen LogP contribution in [0.5, 0.6) is 0 Å². The van der Waals surface area contributed by atoms with Gasteiger partial charge in [-0.15, -0.1) is 0 Å². The van der Waals surface area contributed by atoms with Gasteiger partial charge in [-0.25, -0.2) is 0 Å². The molecule has 0 saturated carbocycles. The molecule has 0 N–H and O–H groups in total. The Hall–Kier alpha value is -1.16. The zero-order chi connectivity index (χ0) is 10.8. The maximum absolute atomic E-state index is 11.1. The van der Waals surface area contributed by atoms with Gasteiger partial charge in [-0.05, 0) is 26.4 Å². The summed E-state index contributed by atoms with van der Waals surface area (Å²) < 4.78 is 5.22. The van der Waals surface area contributed by atoms with Gasteiger partial charge < -0.3 is 9.42 Å². The van der Waals surface area contributed by atoms with E-state index in [0.717, 1.165) is 25.3 Å². The van der Waals surface area contributed by atoms with Crippen molar-refractivity contribution in [1.82, 2.24) is 10.1 Å². The first-order valence-corrected chi connectivity index (χ1v) is 5.33. The minimum absolute atomic E-state index is 0.0332. The number of hydrogen-bond acceptors (Lipinski definition) is 4.